The molecule has 0 spiro atoms. The van der Waals surface area contributed by atoms with Crippen LogP contribution in [0, 0.1) is 0 Å². The molecule has 0 aromatic rings. The van der Waals surface area contributed by atoms with Gasteiger partial charge in [0.25, 0.3) is 0 Å². The Labute approximate surface area is 80.6 Å². The fraction of sp³-hybridized carbons (Fsp3) is 1.00. The zero-order valence-corrected chi connectivity index (χ0v) is 8.88. The van der Waals surface area contributed by atoms with E-state index in [9.17, 15) is 0 Å². The van der Waals surface area contributed by atoms with Crippen molar-refractivity contribution in [1.82, 2.24) is 0 Å². The Hall–Kier alpha value is -0.120. The lowest BCUT2D eigenvalue weighted by Gasteiger charge is -2.38. The minimum Gasteiger partial charge on any atom is -0.377 e. The molecule has 0 radical (unpaired) electrons. The first-order chi connectivity index (χ1) is 6.01. The summed E-state index contributed by atoms with van der Waals surface area (Å²) < 4.78 is 11.2. The third-order valence-electron chi connectivity index (χ3n) is 2.04. The lowest BCUT2D eigenvalue weighted by atomic mass is 9.91. The molecule has 0 heterocycles. The van der Waals surface area contributed by atoms with Gasteiger partial charge in [0.1, 0.15) is 0 Å². The van der Waals surface area contributed by atoms with Gasteiger partial charge in [0.05, 0.1) is 24.4 Å². The van der Waals surface area contributed by atoms with Crippen LogP contribution in [0.1, 0.15) is 33.6 Å². The van der Waals surface area contributed by atoms with Crippen LogP contribution in [0.3, 0.4) is 0 Å². The van der Waals surface area contributed by atoms with E-state index >= 15 is 0 Å². The number of nitrogens with two attached hydrogens (primary N) is 1. The van der Waals surface area contributed by atoms with Gasteiger partial charge in [-0.1, -0.05) is 0 Å². The Morgan fingerprint density at radius 3 is 2.31 bits per heavy atom. The second kappa shape index (κ2) is 4.40. The van der Waals surface area contributed by atoms with Crippen LogP contribution in [0.15, 0.2) is 0 Å². The number of rotatable bonds is 4. The summed E-state index contributed by atoms with van der Waals surface area (Å²) in [6.07, 6.45) is 2.83. The third kappa shape index (κ3) is 4.07. The first-order valence-corrected chi connectivity index (χ1v) is 5.01. The van der Waals surface area contributed by atoms with Crippen molar-refractivity contribution in [1.29, 1.82) is 0 Å². The molecule has 0 aromatic heterocycles. The molecule has 1 saturated carbocycles. The van der Waals surface area contributed by atoms with Gasteiger partial charge in [-0.2, -0.15) is 0 Å². The van der Waals surface area contributed by atoms with Gasteiger partial charge in [0.2, 0.25) is 0 Å². The van der Waals surface area contributed by atoms with Crippen molar-refractivity contribution in [2.24, 2.45) is 5.73 Å². The van der Waals surface area contributed by atoms with E-state index in [1.807, 2.05) is 0 Å². The Morgan fingerprint density at radius 1 is 1.23 bits per heavy atom. The molecule has 0 aromatic carbocycles. The summed E-state index contributed by atoms with van der Waals surface area (Å²) in [5, 5.41) is 0. The summed E-state index contributed by atoms with van der Waals surface area (Å²) in [4.78, 5) is 0. The van der Waals surface area contributed by atoms with E-state index in [0.29, 0.717) is 25.4 Å². The van der Waals surface area contributed by atoms with Crippen LogP contribution in [0.2, 0.25) is 0 Å². The van der Waals surface area contributed by atoms with Crippen molar-refractivity contribution >= 4 is 0 Å². The van der Waals surface area contributed by atoms with Crippen LogP contribution in [0.4, 0.5) is 0 Å². The molecular formula is C10H21NO2. The van der Waals surface area contributed by atoms with E-state index in [-0.39, 0.29) is 5.60 Å². The summed E-state index contributed by atoms with van der Waals surface area (Å²) in [7, 11) is 0. The SMILES string of the molecule is CC(C)(C)OC1CC(OCCN)C1. The highest BCUT2D eigenvalue weighted by Crippen LogP contribution is 2.29. The van der Waals surface area contributed by atoms with Gasteiger partial charge in [0.15, 0.2) is 0 Å². The molecule has 1 fully saturated rings. The average Bonchev–Trinajstić information content (AvgIpc) is 1.91. The van der Waals surface area contributed by atoms with Gasteiger partial charge in [-0.15, -0.1) is 0 Å². The second-order valence-corrected chi connectivity index (χ2v) is 4.61. The van der Waals surface area contributed by atoms with Gasteiger partial charge in [0, 0.05) is 6.54 Å². The normalized spacial score (nSPS) is 28.6. The zero-order valence-electron chi connectivity index (χ0n) is 8.88. The minimum atomic E-state index is -0.0243. The smallest absolute Gasteiger partial charge is 0.0631 e. The Kier molecular flexibility index (Phi) is 3.71. The van der Waals surface area contributed by atoms with Crippen LogP contribution in [-0.2, 0) is 9.47 Å². The molecule has 3 heteroatoms. The minimum absolute atomic E-state index is 0.0243. The van der Waals surface area contributed by atoms with Gasteiger partial charge in [-0.3, -0.25) is 0 Å². The van der Waals surface area contributed by atoms with Crippen molar-refractivity contribution < 1.29 is 9.47 Å². The molecule has 0 unspecified atom stereocenters. The van der Waals surface area contributed by atoms with E-state index in [4.69, 9.17) is 15.2 Å². The molecule has 0 amide bonds. The highest BCUT2D eigenvalue weighted by molar-refractivity contribution is 4.83. The van der Waals surface area contributed by atoms with Crippen LogP contribution < -0.4 is 5.73 Å². The Bertz CT molecular complexity index is 147. The monoisotopic (exact) mass is 187 g/mol. The lowest BCUT2D eigenvalue weighted by molar-refractivity contribution is -0.147. The molecule has 3 nitrogen and oxygen atoms in total. The van der Waals surface area contributed by atoms with Crippen LogP contribution >= 0.6 is 0 Å². The number of hydrogen-bond donors (Lipinski definition) is 1. The van der Waals surface area contributed by atoms with Crippen molar-refractivity contribution in [3.05, 3.63) is 0 Å². The van der Waals surface area contributed by atoms with Crippen molar-refractivity contribution in [3.63, 3.8) is 0 Å². The molecule has 0 bridgehead atoms. The molecule has 1 rings (SSSR count). The zero-order chi connectivity index (χ0) is 9.90. The highest BCUT2D eigenvalue weighted by Gasteiger charge is 2.33. The van der Waals surface area contributed by atoms with Gasteiger partial charge < -0.3 is 15.2 Å². The molecule has 1 aliphatic carbocycles. The van der Waals surface area contributed by atoms with E-state index in [1.54, 1.807) is 0 Å². The summed E-state index contributed by atoms with van der Waals surface area (Å²) in [5.41, 5.74) is 5.31. The first kappa shape index (κ1) is 11.0. The standard InChI is InChI=1S/C10H21NO2/c1-10(2,3)13-9-6-8(7-9)12-5-4-11/h8-9H,4-7,11H2,1-3H3. The maximum atomic E-state index is 5.77. The number of hydrogen-bond acceptors (Lipinski definition) is 3. The summed E-state index contributed by atoms with van der Waals surface area (Å²) in [6, 6.07) is 0. The summed E-state index contributed by atoms with van der Waals surface area (Å²) in [6.45, 7) is 7.54. The fourth-order valence-electron chi connectivity index (χ4n) is 1.48. The summed E-state index contributed by atoms with van der Waals surface area (Å²) >= 11 is 0. The second-order valence-electron chi connectivity index (χ2n) is 4.61. The Balaban J connectivity index is 2.05. The Morgan fingerprint density at radius 2 is 1.85 bits per heavy atom. The van der Waals surface area contributed by atoms with Crippen LogP contribution in [0.25, 0.3) is 0 Å². The predicted octanol–water partition coefficient (Wildman–Crippen LogP) is 1.31. The predicted molar refractivity (Wildman–Crippen MR) is 52.7 cm³/mol. The molecule has 13 heavy (non-hydrogen) atoms. The van der Waals surface area contributed by atoms with E-state index in [0.717, 1.165) is 12.8 Å². The highest BCUT2D eigenvalue weighted by atomic mass is 16.5. The van der Waals surface area contributed by atoms with E-state index < -0.39 is 0 Å². The molecule has 0 saturated heterocycles. The molecule has 0 aliphatic heterocycles. The van der Waals surface area contributed by atoms with Crippen molar-refractivity contribution in [3.8, 4) is 0 Å². The molecule has 78 valence electrons. The largest absolute Gasteiger partial charge is 0.377 e. The van der Waals surface area contributed by atoms with Gasteiger partial charge in [-0.25, -0.2) is 0 Å². The van der Waals surface area contributed by atoms with Crippen molar-refractivity contribution in [2.75, 3.05) is 13.2 Å². The lowest BCUT2D eigenvalue weighted by Crippen LogP contribution is -2.42. The summed E-state index contributed by atoms with van der Waals surface area (Å²) in [5.74, 6) is 0. The first-order valence-electron chi connectivity index (χ1n) is 5.01. The van der Waals surface area contributed by atoms with Crippen molar-refractivity contribution in [2.45, 2.75) is 51.4 Å². The maximum absolute atomic E-state index is 5.77. The molecule has 1 aliphatic rings. The van der Waals surface area contributed by atoms with Gasteiger partial charge in [-0.05, 0) is 33.6 Å². The maximum Gasteiger partial charge on any atom is 0.0631 e. The molecule has 0 atom stereocenters. The average molecular weight is 187 g/mol. The fourth-order valence-corrected chi connectivity index (χ4v) is 1.48. The van der Waals surface area contributed by atoms with Gasteiger partial charge >= 0.3 is 0 Å². The topological polar surface area (TPSA) is 44.5 Å². The van der Waals surface area contributed by atoms with Crippen LogP contribution in [-0.4, -0.2) is 31.0 Å². The van der Waals surface area contributed by atoms with Crippen LogP contribution in [0.5, 0.6) is 0 Å². The molecular weight excluding hydrogens is 166 g/mol. The van der Waals surface area contributed by atoms with E-state index in [1.165, 1.54) is 0 Å². The number of ether oxygens (including phenoxy) is 2. The molecule has 2 N–H and O–H groups in total. The third-order valence-corrected chi connectivity index (χ3v) is 2.04. The van der Waals surface area contributed by atoms with E-state index in [2.05, 4.69) is 20.8 Å². The quantitative estimate of drug-likeness (QED) is 0.721.